The Hall–Kier alpha value is -3.37. The van der Waals surface area contributed by atoms with E-state index in [-0.39, 0.29) is 28.1 Å². The van der Waals surface area contributed by atoms with Gasteiger partial charge in [0, 0.05) is 17.3 Å². The number of nitrogens with zero attached hydrogens (tertiary/aromatic N) is 5. The number of pyridine rings is 1. The standard InChI is InChI=1S/C18H21F2N5O4/c1-5-6-13(23(17(26)27)18(2,3)4)12-9-11(7-8-21-12)15-14(25(28)29)10-22-24(15)16(19)20/h5,7-10,13,16H,1,6H2,2-4H3,(H,26,27). The second-order valence-electron chi connectivity index (χ2n) is 7.19. The van der Waals surface area contributed by atoms with E-state index in [4.69, 9.17) is 0 Å². The Labute approximate surface area is 165 Å². The first-order chi connectivity index (χ1) is 13.5. The molecule has 0 radical (unpaired) electrons. The molecule has 29 heavy (non-hydrogen) atoms. The van der Waals surface area contributed by atoms with E-state index in [9.17, 15) is 28.8 Å². The van der Waals surface area contributed by atoms with Gasteiger partial charge in [-0.15, -0.1) is 6.58 Å². The molecule has 2 aromatic heterocycles. The van der Waals surface area contributed by atoms with Crippen molar-refractivity contribution in [3.8, 4) is 11.3 Å². The molecule has 11 heteroatoms. The number of aromatic nitrogens is 3. The van der Waals surface area contributed by atoms with E-state index in [1.807, 2.05) is 0 Å². The minimum absolute atomic E-state index is 0.0767. The average molecular weight is 409 g/mol. The monoisotopic (exact) mass is 409 g/mol. The maximum atomic E-state index is 13.3. The molecule has 9 nitrogen and oxygen atoms in total. The van der Waals surface area contributed by atoms with Gasteiger partial charge < -0.3 is 5.11 Å². The maximum absolute atomic E-state index is 13.3. The molecule has 2 aromatic rings. The number of carbonyl (C=O) groups is 1. The van der Waals surface area contributed by atoms with Crippen LogP contribution in [0.2, 0.25) is 0 Å². The molecule has 0 aliphatic carbocycles. The molecular formula is C18H21F2N5O4. The summed E-state index contributed by atoms with van der Waals surface area (Å²) in [7, 11) is 0. The molecule has 1 atom stereocenters. The Morgan fingerprint density at radius 1 is 1.48 bits per heavy atom. The van der Waals surface area contributed by atoms with E-state index in [0.29, 0.717) is 0 Å². The summed E-state index contributed by atoms with van der Waals surface area (Å²) in [6.45, 7) is 5.67. The van der Waals surface area contributed by atoms with Crippen molar-refractivity contribution < 1.29 is 23.6 Å². The minimum atomic E-state index is -3.09. The summed E-state index contributed by atoms with van der Waals surface area (Å²) in [6, 6.07) is 1.92. The van der Waals surface area contributed by atoms with Crippen molar-refractivity contribution in [2.45, 2.75) is 45.3 Å². The number of halogens is 2. The summed E-state index contributed by atoms with van der Waals surface area (Å²) in [5.74, 6) is 0. The predicted molar refractivity (Wildman–Crippen MR) is 101 cm³/mol. The van der Waals surface area contributed by atoms with Crippen molar-refractivity contribution in [3.05, 3.63) is 53.0 Å². The molecule has 1 amide bonds. The molecule has 2 rings (SSSR count). The van der Waals surface area contributed by atoms with E-state index in [1.54, 1.807) is 20.8 Å². The third-order valence-corrected chi connectivity index (χ3v) is 4.18. The van der Waals surface area contributed by atoms with Crippen LogP contribution >= 0.6 is 0 Å². The number of carboxylic acid groups (broad SMARTS) is 1. The summed E-state index contributed by atoms with van der Waals surface area (Å²) in [6.07, 6.45) is 2.57. The van der Waals surface area contributed by atoms with Gasteiger partial charge in [0.2, 0.25) is 0 Å². The van der Waals surface area contributed by atoms with Crippen LogP contribution in [0.25, 0.3) is 11.3 Å². The van der Waals surface area contributed by atoms with Gasteiger partial charge in [0.15, 0.2) is 5.69 Å². The number of hydrogen-bond donors (Lipinski definition) is 1. The van der Waals surface area contributed by atoms with Crippen LogP contribution in [0.3, 0.4) is 0 Å². The van der Waals surface area contributed by atoms with Crippen LogP contribution in [0.1, 0.15) is 45.5 Å². The molecule has 1 unspecified atom stereocenters. The number of nitro groups is 1. The minimum Gasteiger partial charge on any atom is -0.465 e. The summed E-state index contributed by atoms with van der Waals surface area (Å²) < 4.78 is 26.9. The van der Waals surface area contributed by atoms with Crippen molar-refractivity contribution in [3.63, 3.8) is 0 Å². The van der Waals surface area contributed by atoms with Gasteiger partial charge in [-0.2, -0.15) is 18.6 Å². The van der Waals surface area contributed by atoms with Gasteiger partial charge in [0.1, 0.15) is 6.20 Å². The highest BCUT2D eigenvalue weighted by atomic mass is 19.3. The molecule has 156 valence electrons. The third-order valence-electron chi connectivity index (χ3n) is 4.18. The molecular weight excluding hydrogens is 388 g/mol. The maximum Gasteiger partial charge on any atom is 0.408 e. The lowest BCUT2D eigenvalue weighted by Gasteiger charge is -2.39. The zero-order valence-corrected chi connectivity index (χ0v) is 16.1. The van der Waals surface area contributed by atoms with Crippen LogP contribution in [0.15, 0.2) is 37.2 Å². The number of amides is 1. The average Bonchev–Trinajstić information content (AvgIpc) is 3.05. The molecule has 0 saturated heterocycles. The molecule has 0 aliphatic heterocycles. The molecule has 0 bridgehead atoms. The topological polar surface area (TPSA) is 114 Å². The van der Waals surface area contributed by atoms with Gasteiger partial charge in [-0.1, -0.05) is 6.08 Å². The number of alkyl halides is 2. The normalized spacial score (nSPS) is 12.6. The van der Waals surface area contributed by atoms with Gasteiger partial charge in [-0.3, -0.25) is 20.0 Å². The van der Waals surface area contributed by atoms with Crippen molar-refractivity contribution in [2.75, 3.05) is 0 Å². The molecule has 0 aliphatic rings. The molecule has 2 heterocycles. The van der Waals surface area contributed by atoms with E-state index in [2.05, 4.69) is 16.7 Å². The summed E-state index contributed by atoms with van der Waals surface area (Å²) in [5, 5.41) is 24.4. The van der Waals surface area contributed by atoms with Crippen molar-refractivity contribution in [2.24, 2.45) is 0 Å². The van der Waals surface area contributed by atoms with Crippen LogP contribution in [0, 0.1) is 10.1 Å². The first-order valence-corrected chi connectivity index (χ1v) is 8.58. The van der Waals surface area contributed by atoms with Gasteiger partial charge >= 0.3 is 18.3 Å². The highest BCUT2D eigenvalue weighted by Gasteiger charge is 2.35. The lowest BCUT2D eigenvalue weighted by molar-refractivity contribution is -0.384. The summed E-state index contributed by atoms with van der Waals surface area (Å²) in [5.41, 5.74) is -1.45. The summed E-state index contributed by atoms with van der Waals surface area (Å²) >= 11 is 0. The second kappa shape index (κ2) is 8.33. The SMILES string of the molecule is C=CCC(c1cc(-c2c([N+](=O)[O-])cnn2C(F)F)ccn1)N(C(=O)O)C(C)(C)C. The third kappa shape index (κ3) is 4.55. The molecule has 1 N–H and O–H groups in total. The van der Waals surface area contributed by atoms with Gasteiger partial charge in [0.05, 0.1) is 16.7 Å². The summed E-state index contributed by atoms with van der Waals surface area (Å²) in [4.78, 5) is 27.7. The van der Waals surface area contributed by atoms with Crippen molar-refractivity contribution in [1.29, 1.82) is 0 Å². The Morgan fingerprint density at radius 2 is 2.14 bits per heavy atom. The fourth-order valence-corrected chi connectivity index (χ4v) is 3.10. The zero-order valence-electron chi connectivity index (χ0n) is 16.1. The molecule has 0 saturated carbocycles. The number of hydrogen-bond acceptors (Lipinski definition) is 5. The smallest absolute Gasteiger partial charge is 0.408 e. The predicted octanol–water partition coefficient (Wildman–Crippen LogP) is 4.64. The van der Waals surface area contributed by atoms with E-state index in [0.717, 1.165) is 6.20 Å². The molecule has 0 aromatic carbocycles. The Kier molecular flexibility index (Phi) is 6.30. The first kappa shape index (κ1) is 21.9. The quantitative estimate of drug-likeness (QED) is 0.405. The van der Waals surface area contributed by atoms with Crippen LogP contribution in [0.4, 0.5) is 19.3 Å². The highest BCUT2D eigenvalue weighted by Crippen LogP contribution is 2.36. The molecule has 0 spiro atoms. The largest absolute Gasteiger partial charge is 0.465 e. The van der Waals surface area contributed by atoms with Crippen LogP contribution in [-0.2, 0) is 0 Å². The Bertz CT molecular complexity index is 923. The fourth-order valence-electron chi connectivity index (χ4n) is 3.10. The van der Waals surface area contributed by atoms with Crippen molar-refractivity contribution >= 4 is 11.8 Å². The zero-order chi connectivity index (χ0) is 21.9. The highest BCUT2D eigenvalue weighted by molar-refractivity contribution is 5.70. The van der Waals surface area contributed by atoms with Gasteiger partial charge in [0.25, 0.3) is 0 Å². The Balaban J connectivity index is 2.66. The van der Waals surface area contributed by atoms with Crippen LogP contribution in [0.5, 0.6) is 0 Å². The Morgan fingerprint density at radius 3 is 2.62 bits per heavy atom. The van der Waals surface area contributed by atoms with E-state index in [1.165, 1.54) is 29.3 Å². The van der Waals surface area contributed by atoms with Crippen molar-refractivity contribution in [1.82, 2.24) is 19.7 Å². The fraction of sp³-hybridized carbons (Fsp3) is 0.389. The van der Waals surface area contributed by atoms with Crippen LogP contribution in [-0.4, -0.2) is 41.3 Å². The lowest BCUT2D eigenvalue weighted by atomic mass is 9.98. The lowest BCUT2D eigenvalue weighted by Crippen LogP contribution is -2.47. The molecule has 0 fully saturated rings. The second-order valence-corrected chi connectivity index (χ2v) is 7.19. The van der Waals surface area contributed by atoms with E-state index < -0.39 is 34.8 Å². The van der Waals surface area contributed by atoms with Crippen LogP contribution < -0.4 is 0 Å². The first-order valence-electron chi connectivity index (χ1n) is 8.58. The number of rotatable bonds is 7. The van der Waals surface area contributed by atoms with E-state index >= 15 is 0 Å². The van der Waals surface area contributed by atoms with Gasteiger partial charge in [-0.25, -0.2) is 4.79 Å². The van der Waals surface area contributed by atoms with Gasteiger partial charge in [-0.05, 0) is 39.3 Å².